The van der Waals surface area contributed by atoms with E-state index in [1.165, 1.54) is 11.3 Å². The predicted octanol–water partition coefficient (Wildman–Crippen LogP) is 3.54. The van der Waals surface area contributed by atoms with E-state index in [2.05, 4.69) is 0 Å². The minimum absolute atomic E-state index is 0.364. The van der Waals surface area contributed by atoms with Crippen LogP contribution < -0.4 is 0 Å². The van der Waals surface area contributed by atoms with Crippen molar-refractivity contribution >= 4 is 27.4 Å². The van der Waals surface area contributed by atoms with Gasteiger partial charge < -0.3 is 14.6 Å². The average molecular weight is 306 g/mol. The van der Waals surface area contributed by atoms with Gasteiger partial charge in [0.1, 0.15) is 4.88 Å². The number of carbonyl (C=O) groups is 1. The molecule has 0 unspecified atom stereocenters. The summed E-state index contributed by atoms with van der Waals surface area (Å²) < 4.78 is 12.1. The van der Waals surface area contributed by atoms with Crippen molar-refractivity contribution in [1.82, 2.24) is 0 Å². The number of hydrogen-bond acceptors (Lipinski definition) is 4. The van der Waals surface area contributed by atoms with Crippen molar-refractivity contribution in [1.29, 1.82) is 0 Å². The van der Waals surface area contributed by atoms with Gasteiger partial charge in [0.2, 0.25) is 0 Å². The highest BCUT2D eigenvalue weighted by Gasteiger charge is 2.19. The number of ether oxygens (including phenoxy) is 2. The molecule has 0 atom stereocenters. The number of benzene rings is 1. The van der Waals surface area contributed by atoms with E-state index in [0.29, 0.717) is 24.0 Å². The maximum atomic E-state index is 11.4. The molecule has 2 heterocycles. The summed E-state index contributed by atoms with van der Waals surface area (Å²) in [4.78, 5) is 11.8. The van der Waals surface area contributed by atoms with Gasteiger partial charge in [-0.05, 0) is 30.2 Å². The largest absolute Gasteiger partial charge is 0.477 e. The summed E-state index contributed by atoms with van der Waals surface area (Å²) in [5.74, 6) is -0.349. The molecule has 1 fully saturated rings. The molecule has 1 saturated heterocycles. The van der Waals surface area contributed by atoms with Crippen molar-refractivity contribution in [2.45, 2.75) is 19.4 Å². The van der Waals surface area contributed by atoms with Crippen molar-refractivity contribution in [2.24, 2.45) is 5.92 Å². The third-order valence-corrected chi connectivity index (χ3v) is 5.03. The summed E-state index contributed by atoms with van der Waals surface area (Å²) in [7, 11) is 0. The fourth-order valence-electron chi connectivity index (χ4n) is 2.66. The van der Waals surface area contributed by atoms with E-state index in [9.17, 15) is 9.90 Å². The van der Waals surface area contributed by atoms with Crippen molar-refractivity contribution in [3.05, 3.63) is 34.7 Å². The molecule has 3 rings (SSSR count). The molecule has 1 aliphatic rings. The van der Waals surface area contributed by atoms with Crippen LogP contribution in [-0.2, 0) is 16.1 Å². The Hall–Kier alpha value is -1.43. The number of hydrogen-bond donors (Lipinski definition) is 1. The number of fused-ring (bicyclic) bond motifs is 1. The topological polar surface area (TPSA) is 55.8 Å². The van der Waals surface area contributed by atoms with Crippen LogP contribution in [0.25, 0.3) is 10.1 Å². The smallest absolute Gasteiger partial charge is 0.346 e. The minimum atomic E-state index is -0.874. The van der Waals surface area contributed by atoms with E-state index < -0.39 is 5.97 Å². The van der Waals surface area contributed by atoms with Crippen molar-refractivity contribution < 1.29 is 19.4 Å². The second-order valence-corrected chi connectivity index (χ2v) is 6.33. The van der Waals surface area contributed by atoms with E-state index in [-0.39, 0.29) is 0 Å². The lowest BCUT2D eigenvalue weighted by Gasteiger charge is -2.21. The second-order valence-electron chi connectivity index (χ2n) is 5.28. The Kier molecular flexibility index (Phi) is 4.53. The first kappa shape index (κ1) is 14.5. The fourth-order valence-corrected chi connectivity index (χ4v) is 3.70. The van der Waals surface area contributed by atoms with Gasteiger partial charge in [0.05, 0.1) is 13.2 Å². The summed E-state index contributed by atoms with van der Waals surface area (Å²) in [6.45, 7) is 2.64. The van der Waals surface area contributed by atoms with Crippen molar-refractivity contribution in [3.8, 4) is 0 Å². The first-order valence-corrected chi connectivity index (χ1v) is 7.96. The van der Waals surface area contributed by atoms with Crippen LogP contribution >= 0.6 is 11.3 Å². The third-order valence-electron chi connectivity index (χ3n) is 3.83. The zero-order valence-electron chi connectivity index (χ0n) is 11.7. The van der Waals surface area contributed by atoms with E-state index in [1.807, 2.05) is 24.3 Å². The Morgan fingerprint density at radius 2 is 2.10 bits per heavy atom. The van der Waals surface area contributed by atoms with E-state index >= 15 is 0 Å². The monoisotopic (exact) mass is 306 g/mol. The van der Waals surface area contributed by atoms with Crippen LogP contribution in [0.15, 0.2) is 24.3 Å². The van der Waals surface area contributed by atoms with Gasteiger partial charge in [0.15, 0.2) is 0 Å². The van der Waals surface area contributed by atoms with Gasteiger partial charge >= 0.3 is 5.97 Å². The van der Waals surface area contributed by atoms with Crippen LogP contribution in [0.5, 0.6) is 0 Å². The van der Waals surface area contributed by atoms with Gasteiger partial charge in [-0.3, -0.25) is 0 Å². The van der Waals surface area contributed by atoms with Crippen LogP contribution in [-0.4, -0.2) is 30.9 Å². The van der Waals surface area contributed by atoms with E-state index in [4.69, 9.17) is 9.47 Å². The Morgan fingerprint density at radius 1 is 1.33 bits per heavy atom. The van der Waals surface area contributed by atoms with Crippen LogP contribution in [0.2, 0.25) is 0 Å². The molecule has 1 aliphatic heterocycles. The van der Waals surface area contributed by atoms with Gasteiger partial charge in [-0.2, -0.15) is 0 Å². The highest BCUT2D eigenvalue weighted by Crippen LogP contribution is 2.32. The van der Waals surface area contributed by atoms with Gasteiger partial charge in [-0.25, -0.2) is 4.79 Å². The molecule has 2 aromatic rings. The lowest BCUT2D eigenvalue weighted by molar-refractivity contribution is 0.0158. The number of carboxylic acids is 1. The predicted molar refractivity (Wildman–Crippen MR) is 82.0 cm³/mol. The van der Waals surface area contributed by atoms with E-state index in [0.717, 1.165) is 41.7 Å². The van der Waals surface area contributed by atoms with Gasteiger partial charge in [0, 0.05) is 23.5 Å². The van der Waals surface area contributed by atoms with Crippen molar-refractivity contribution in [3.63, 3.8) is 0 Å². The molecular formula is C16H18O4S. The Bertz CT molecular complexity index is 628. The lowest BCUT2D eigenvalue weighted by atomic mass is 10.0. The molecule has 21 heavy (non-hydrogen) atoms. The fraction of sp³-hybridized carbons (Fsp3) is 0.438. The molecular weight excluding hydrogens is 288 g/mol. The standard InChI is InChI=1S/C16H18O4S/c17-16(18)15-13(12-3-1-2-4-14(12)21-15)10-20-9-11-5-7-19-8-6-11/h1-4,11H,5-10H2,(H,17,18). The second kappa shape index (κ2) is 6.56. The quantitative estimate of drug-likeness (QED) is 0.918. The van der Waals surface area contributed by atoms with Crippen LogP contribution in [0.1, 0.15) is 28.1 Å². The first-order valence-electron chi connectivity index (χ1n) is 7.15. The maximum Gasteiger partial charge on any atom is 0.346 e. The Morgan fingerprint density at radius 3 is 2.86 bits per heavy atom. The Balaban J connectivity index is 1.72. The normalized spacial score (nSPS) is 16.4. The summed E-state index contributed by atoms with van der Waals surface area (Å²) >= 11 is 1.32. The molecule has 1 aromatic heterocycles. The number of carboxylic acid groups (broad SMARTS) is 1. The molecule has 0 amide bonds. The summed E-state index contributed by atoms with van der Waals surface area (Å²) in [6, 6.07) is 7.78. The van der Waals surface area contributed by atoms with Crippen molar-refractivity contribution in [2.75, 3.05) is 19.8 Å². The summed E-state index contributed by atoms with van der Waals surface area (Å²) in [5.41, 5.74) is 0.801. The van der Waals surface area contributed by atoms with Crippen LogP contribution in [0.3, 0.4) is 0 Å². The molecule has 0 bridgehead atoms. The minimum Gasteiger partial charge on any atom is -0.477 e. The highest BCUT2D eigenvalue weighted by atomic mass is 32.1. The summed E-state index contributed by atoms with van der Waals surface area (Å²) in [5, 5.41) is 10.3. The van der Waals surface area contributed by atoms with Crippen LogP contribution in [0.4, 0.5) is 0 Å². The molecule has 0 saturated carbocycles. The molecule has 0 radical (unpaired) electrons. The molecule has 1 N–H and O–H groups in total. The highest BCUT2D eigenvalue weighted by molar-refractivity contribution is 7.21. The number of thiophene rings is 1. The van der Waals surface area contributed by atoms with Gasteiger partial charge in [0.25, 0.3) is 0 Å². The molecule has 112 valence electrons. The van der Waals surface area contributed by atoms with Crippen LogP contribution in [0, 0.1) is 5.92 Å². The third kappa shape index (κ3) is 3.26. The molecule has 4 nitrogen and oxygen atoms in total. The average Bonchev–Trinajstić information content (AvgIpc) is 2.88. The van der Waals surface area contributed by atoms with Gasteiger partial charge in [-0.15, -0.1) is 11.3 Å². The SMILES string of the molecule is O=C(O)c1sc2ccccc2c1COCC1CCOCC1. The molecule has 1 aromatic carbocycles. The lowest BCUT2D eigenvalue weighted by Crippen LogP contribution is -2.20. The molecule has 5 heteroatoms. The van der Waals surface area contributed by atoms with Gasteiger partial charge in [-0.1, -0.05) is 18.2 Å². The zero-order chi connectivity index (χ0) is 14.7. The number of rotatable bonds is 5. The summed E-state index contributed by atoms with van der Waals surface area (Å²) in [6.07, 6.45) is 2.05. The Labute approximate surface area is 127 Å². The first-order chi connectivity index (χ1) is 10.3. The maximum absolute atomic E-state index is 11.4. The molecule has 0 aliphatic carbocycles. The number of aromatic carboxylic acids is 1. The van der Waals surface area contributed by atoms with E-state index in [1.54, 1.807) is 0 Å². The molecule has 0 spiro atoms. The zero-order valence-corrected chi connectivity index (χ0v) is 12.5.